The first-order valence-electron chi connectivity index (χ1n) is 10.8. The first kappa shape index (κ1) is 21.4. The average molecular weight is 441 g/mol. The van der Waals surface area contributed by atoms with Crippen LogP contribution < -0.4 is 9.62 Å². The number of para-hydroxylation sites is 1. The minimum atomic E-state index is -3.48. The van der Waals surface area contributed by atoms with Crippen molar-refractivity contribution in [2.75, 3.05) is 37.6 Å². The number of nitrogens with zero attached hydrogens (tertiary/aromatic N) is 3. The van der Waals surface area contributed by atoms with Crippen LogP contribution in [0.25, 0.3) is 0 Å². The van der Waals surface area contributed by atoms with Gasteiger partial charge in [0.25, 0.3) is 10.0 Å². The number of amidine groups is 1. The van der Waals surface area contributed by atoms with E-state index in [0.29, 0.717) is 24.4 Å². The molecule has 2 aromatic carbocycles. The molecule has 2 aliphatic heterocycles. The van der Waals surface area contributed by atoms with E-state index in [1.54, 1.807) is 18.2 Å². The maximum atomic E-state index is 12.5. The number of carbonyl (C=O) groups excluding carboxylic acids is 1. The zero-order valence-corrected chi connectivity index (χ0v) is 18.4. The predicted octanol–water partition coefficient (Wildman–Crippen LogP) is 2.63. The van der Waals surface area contributed by atoms with Crippen molar-refractivity contribution >= 4 is 27.5 Å². The highest BCUT2D eigenvalue weighted by Gasteiger charge is 2.29. The van der Waals surface area contributed by atoms with E-state index < -0.39 is 10.0 Å². The van der Waals surface area contributed by atoms with Crippen LogP contribution in [0.5, 0.6) is 0 Å². The van der Waals surface area contributed by atoms with E-state index in [4.69, 9.17) is 0 Å². The highest BCUT2D eigenvalue weighted by atomic mass is 32.2. The van der Waals surface area contributed by atoms with E-state index in [1.807, 2.05) is 29.2 Å². The number of sulfonamides is 1. The van der Waals surface area contributed by atoms with Crippen molar-refractivity contribution in [2.45, 2.75) is 30.6 Å². The Balaban J connectivity index is 1.16. The summed E-state index contributed by atoms with van der Waals surface area (Å²) in [7, 11) is -3.48. The second-order valence-corrected chi connectivity index (χ2v) is 9.50. The summed E-state index contributed by atoms with van der Waals surface area (Å²) in [6.45, 7) is 3.80. The zero-order chi connectivity index (χ0) is 21.7. The van der Waals surface area contributed by atoms with Gasteiger partial charge in [0, 0.05) is 50.4 Å². The van der Waals surface area contributed by atoms with Crippen LogP contribution in [-0.4, -0.2) is 57.8 Å². The van der Waals surface area contributed by atoms with E-state index in [2.05, 4.69) is 26.7 Å². The molecule has 1 N–H and O–H groups in total. The number of hydrogen-bond donors (Lipinski definition) is 1. The van der Waals surface area contributed by atoms with Gasteiger partial charge in [-0.2, -0.15) is 0 Å². The third kappa shape index (κ3) is 5.07. The lowest BCUT2D eigenvalue weighted by atomic mass is 10.1. The number of unbranched alkanes of at least 4 members (excludes halogenated alkanes) is 2. The summed E-state index contributed by atoms with van der Waals surface area (Å²) in [4.78, 5) is 21.5. The van der Waals surface area contributed by atoms with Crippen LogP contribution in [0.4, 0.5) is 5.69 Å². The Bertz CT molecular complexity index is 1050. The molecule has 0 spiro atoms. The molecule has 1 amide bonds. The van der Waals surface area contributed by atoms with Gasteiger partial charge < -0.3 is 9.80 Å². The van der Waals surface area contributed by atoms with Crippen molar-refractivity contribution < 1.29 is 13.2 Å². The minimum absolute atomic E-state index is 0.219. The van der Waals surface area contributed by atoms with Crippen LogP contribution in [0.2, 0.25) is 0 Å². The van der Waals surface area contributed by atoms with E-state index in [1.165, 1.54) is 5.69 Å². The Hall–Kier alpha value is -2.87. The lowest BCUT2D eigenvalue weighted by molar-refractivity contribution is -0.131. The lowest BCUT2D eigenvalue weighted by Gasteiger charge is -2.36. The summed E-state index contributed by atoms with van der Waals surface area (Å²) >= 11 is 0. The number of carbonyl (C=O) groups is 1. The maximum Gasteiger partial charge on any atom is 0.263 e. The highest BCUT2D eigenvalue weighted by Crippen LogP contribution is 2.22. The maximum absolute atomic E-state index is 12.5. The van der Waals surface area contributed by atoms with E-state index in [9.17, 15) is 13.2 Å². The molecule has 2 heterocycles. The first-order chi connectivity index (χ1) is 15.0. The van der Waals surface area contributed by atoms with Crippen molar-refractivity contribution in [3.05, 3.63) is 60.2 Å². The van der Waals surface area contributed by atoms with Crippen molar-refractivity contribution in [3.63, 3.8) is 0 Å². The van der Waals surface area contributed by atoms with E-state index in [0.717, 1.165) is 45.4 Å². The van der Waals surface area contributed by atoms with Crippen molar-refractivity contribution in [1.29, 1.82) is 0 Å². The first-order valence-corrected chi connectivity index (χ1v) is 12.3. The summed E-state index contributed by atoms with van der Waals surface area (Å²) < 4.78 is 26.7. The monoisotopic (exact) mass is 440 g/mol. The highest BCUT2D eigenvalue weighted by molar-refractivity contribution is 7.90. The molecule has 4 rings (SSSR count). The molecule has 31 heavy (non-hydrogen) atoms. The standard InChI is InChI=1S/C23H28N4O3S/c28-22(27-17-15-26(16-18-27)19-9-3-1-4-10-19)13-5-2-8-14-24-23-20-11-6-7-12-21(20)31(29,30)25-23/h1,3-4,6-7,9-12H,2,5,8,13-18H2,(H,24,25). The Kier molecular flexibility index (Phi) is 6.56. The van der Waals surface area contributed by atoms with Gasteiger partial charge in [-0.15, -0.1) is 0 Å². The van der Waals surface area contributed by atoms with Crippen LogP contribution >= 0.6 is 0 Å². The molecule has 0 aromatic heterocycles. The number of benzene rings is 2. The number of amides is 1. The summed E-state index contributed by atoms with van der Waals surface area (Å²) in [5.41, 5.74) is 1.84. The number of rotatable bonds is 7. The van der Waals surface area contributed by atoms with Gasteiger partial charge in [0.2, 0.25) is 5.91 Å². The zero-order valence-electron chi connectivity index (χ0n) is 17.5. The molecule has 0 unspecified atom stereocenters. The third-order valence-corrected chi connectivity index (χ3v) is 7.13. The fourth-order valence-corrected chi connectivity index (χ4v) is 5.27. The fourth-order valence-electron chi connectivity index (χ4n) is 4.02. The second-order valence-electron chi connectivity index (χ2n) is 7.85. The van der Waals surface area contributed by atoms with E-state index >= 15 is 0 Å². The van der Waals surface area contributed by atoms with Crippen LogP contribution in [0.15, 0.2) is 64.5 Å². The molecular weight excluding hydrogens is 412 g/mol. The molecule has 7 nitrogen and oxygen atoms in total. The molecule has 0 aliphatic carbocycles. The normalized spacial score (nSPS) is 18.6. The molecule has 2 aliphatic rings. The van der Waals surface area contributed by atoms with Gasteiger partial charge >= 0.3 is 0 Å². The van der Waals surface area contributed by atoms with Gasteiger partial charge in [0.05, 0.1) is 4.90 Å². The molecule has 0 atom stereocenters. The Labute approximate surface area is 183 Å². The average Bonchev–Trinajstić information content (AvgIpc) is 3.07. The van der Waals surface area contributed by atoms with Gasteiger partial charge in [-0.3, -0.25) is 14.5 Å². The van der Waals surface area contributed by atoms with Crippen LogP contribution in [0.3, 0.4) is 0 Å². The number of nitrogens with one attached hydrogen (secondary N) is 1. The number of piperazine rings is 1. The third-order valence-electron chi connectivity index (χ3n) is 5.74. The van der Waals surface area contributed by atoms with Crippen molar-refractivity contribution in [1.82, 2.24) is 9.62 Å². The molecule has 164 valence electrons. The number of hydrogen-bond acceptors (Lipinski definition) is 5. The largest absolute Gasteiger partial charge is 0.368 e. The molecule has 0 bridgehead atoms. The fraction of sp³-hybridized carbons (Fsp3) is 0.391. The number of aliphatic imine (C=N–C) groups is 1. The summed E-state index contributed by atoms with van der Waals surface area (Å²) in [6.07, 6.45) is 3.09. The second kappa shape index (κ2) is 9.51. The quantitative estimate of drug-likeness (QED) is 0.671. The molecule has 1 fully saturated rings. The Morgan fingerprint density at radius 1 is 0.903 bits per heavy atom. The van der Waals surface area contributed by atoms with Gasteiger partial charge in [-0.05, 0) is 37.1 Å². The van der Waals surface area contributed by atoms with Gasteiger partial charge in [0.1, 0.15) is 5.84 Å². The van der Waals surface area contributed by atoms with Crippen molar-refractivity contribution in [2.24, 2.45) is 4.99 Å². The van der Waals surface area contributed by atoms with E-state index in [-0.39, 0.29) is 10.8 Å². The minimum Gasteiger partial charge on any atom is -0.368 e. The summed E-state index contributed by atoms with van der Waals surface area (Å²) in [6, 6.07) is 17.2. The van der Waals surface area contributed by atoms with Crippen LogP contribution in [0.1, 0.15) is 31.2 Å². The van der Waals surface area contributed by atoms with Crippen LogP contribution in [0, 0.1) is 0 Å². The summed E-state index contributed by atoms with van der Waals surface area (Å²) in [5.74, 6) is 0.638. The number of anilines is 1. The molecule has 0 radical (unpaired) electrons. The molecular formula is C23H28N4O3S. The molecule has 2 aromatic rings. The molecule has 1 saturated heterocycles. The van der Waals surface area contributed by atoms with Crippen molar-refractivity contribution in [3.8, 4) is 0 Å². The predicted molar refractivity (Wildman–Crippen MR) is 122 cm³/mol. The Morgan fingerprint density at radius 3 is 2.39 bits per heavy atom. The topological polar surface area (TPSA) is 82.1 Å². The van der Waals surface area contributed by atoms with Gasteiger partial charge in [-0.25, -0.2) is 8.42 Å². The SMILES string of the molecule is O=C(CCCCCN=C1NS(=O)(=O)c2ccccc21)N1CCN(c2ccccc2)CC1. The van der Waals surface area contributed by atoms with Gasteiger partial charge in [-0.1, -0.05) is 36.8 Å². The number of fused-ring (bicyclic) bond motifs is 1. The molecule has 8 heteroatoms. The summed E-state index contributed by atoms with van der Waals surface area (Å²) in [5, 5.41) is 0. The molecule has 0 saturated carbocycles. The lowest BCUT2D eigenvalue weighted by Crippen LogP contribution is -2.48. The van der Waals surface area contributed by atoms with Gasteiger partial charge in [0.15, 0.2) is 0 Å². The Morgan fingerprint density at radius 2 is 1.61 bits per heavy atom. The van der Waals surface area contributed by atoms with Crippen LogP contribution in [-0.2, 0) is 14.8 Å². The smallest absolute Gasteiger partial charge is 0.263 e.